The molecule has 4 heteroatoms. The molecule has 0 amide bonds. The minimum absolute atomic E-state index is 0.164. The molecule has 0 fully saturated rings. The SMILES string of the molecule is Cn1ncnc1CC(N)CCCc1ccccc1. The zero-order valence-electron chi connectivity index (χ0n) is 10.8. The lowest BCUT2D eigenvalue weighted by Crippen LogP contribution is -2.24. The Bertz CT molecular complexity index is 464. The van der Waals surface area contributed by atoms with Crippen LogP contribution in [0, 0.1) is 0 Å². The molecule has 0 bridgehead atoms. The fourth-order valence-electron chi connectivity index (χ4n) is 2.05. The Hall–Kier alpha value is -1.68. The first-order valence-corrected chi connectivity index (χ1v) is 6.38. The van der Waals surface area contributed by atoms with Gasteiger partial charge >= 0.3 is 0 Å². The Balaban J connectivity index is 1.72. The number of nitrogens with two attached hydrogens (primary N) is 1. The van der Waals surface area contributed by atoms with Crippen molar-refractivity contribution in [1.82, 2.24) is 14.8 Å². The number of hydrogen-bond acceptors (Lipinski definition) is 3. The summed E-state index contributed by atoms with van der Waals surface area (Å²) in [6.07, 6.45) is 5.59. The van der Waals surface area contributed by atoms with Gasteiger partial charge in [0.25, 0.3) is 0 Å². The minimum atomic E-state index is 0.164. The maximum Gasteiger partial charge on any atom is 0.138 e. The first-order valence-electron chi connectivity index (χ1n) is 6.38. The predicted molar refractivity (Wildman–Crippen MR) is 72.1 cm³/mol. The largest absolute Gasteiger partial charge is 0.327 e. The van der Waals surface area contributed by atoms with Crippen molar-refractivity contribution < 1.29 is 0 Å². The van der Waals surface area contributed by atoms with Crippen LogP contribution in [-0.2, 0) is 19.9 Å². The van der Waals surface area contributed by atoms with Gasteiger partial charge in [-0.05, 0) is 24.8 Å². The van der Waals surface area contributed by atoms with Crippen LogP contribution in [0.1, 0.15) is 24.2 Å². The molecule has 2 aromatic rings. The number of aryl methyl sites for hydroxylation is 2. The standard InChI is InChI=1S/C14H20N4/c1-18-14(16-11-17-18)10-13(15)9-5-8-12-6-3-2-4-7-12/h2-4,6-7,11,13H,5,8-10,15H2,1H3. The molecule has 1 heterocycles. The fourth-order valence-corrected chi connectivity index (χ4v) is 2.05. The Morgan fingerprint density at radius 3 is 2.72 bits per heavy atom. The van der Waals surface area contributed by atoms with E-state index in [1.165, 1.54) is 5.56 Å². The van der Waals surface area contributed by atoms with E-state index in [1.807, 2.05) is 13.1 Å². The summed E-state index contributed by atoms with van der Waals surface area (Å²) in [5.74, 6) is 0.960. The molecular formula is C14H20N4. The summed E-state index contributed by atoms with van der Waals surface area (Å²) < 4.78 is 1.79. The molecule has 0 spiro atoms. The van der Waals surface area contributed by atoms with E-state index in [1.54, 1.807) is 11.0 Å². The van der Waals surface area contributed by atoms with Crippen molar-refractivity contribution in [1.29, 1.82) is 0 Å². The van der Waals surface area contributed by atoms with Crippen molar-refractivity contribution in [2.75, 3.05) is 0 Å². The average Bonchev–Trinajstić information content (AvgIpc) is 2.76. The lowest BCUT2D eigenvalue weighted by molar-refractivity contribution is 0.549. The smallest absolute Gasteiger partial charge is 0.138 e. The van der Waals surface area contributed by atoms with Crippen molar-refractivity contribution in [3.05, 3.63) is 48.0 Å². The zero-order chi connectivity index (χ0) is 12.8. The third kappa shape index (κ3) is 3.67. The zero-order valence-corrected chi connectivity index (χ0v) is 10.8. The van der Waals surface area contributed by atoms with Crippen LogP contribution in [0.4, 0.5) is 0 Å². The van der Waals surface area contributed by atoms with E-state index in [0.717, 1.165) is 31.5 Å². The number of benzene rings is 1. The molecule has 1 aromatic heterocycles. The van der Waals surface area contributed by atoms with Crippen LogP contribution in [0.15, 0.2) is 36.7 Å². The number of aromatic nitrogens is 3. The van der Waals surface area contributed by atoms with Crippen LogP contribution in [0.2, 0.25) is 0 Å². The molecule has 18 heavy (non-hydrogen) atoms. The van der Waals surface area contributed by atoms with Crippen LogP contribution in [0.25, 0.3) is 0 Å². The monoisotopic (exact) mass is 244 g/mol. The molecule has 1 atom stereocenters. The first-order chi connectivity index (χ1) is 8.75. The highest BCUT2D eigenvalue weighted by Gasteiger charge is 2.08. The van der Waals surface area contributed by atoms with Gasteiger partial charge in [0, 0.05) is 19.5 Å². The van der Waals surface area contributed by atoms with Gasteiger partial charge in [0.05, 0.1) is 0 Å². The van der Waals surface area contributed by atoms with Gasteiger partial charge in [-0.1, -0.05) is 30.3 Å². The normalized spacial score (nSPS) is 12.6. The highest BCUT2D eigenvalue weighted by Crippen LogP contribution is 2.07. The van der Waals surface area contributed by atoms with Crippen molar-refractivity contribution in [2.45, 2.75) is 31.7 Å². The molecule has 0 aliphatic carbocycles. The summed E-state index contributed by atoms with van der Waals surface area (Å²) in [7, 11) is 1.90. The summed E-state index contributed by atoms with van der Waals surface area (Å²) in [5, 5.41) is 4.05. The number of rotatable bonds is 6. The minimum Gasteiger partial charge on any atom is -0.327 e. The average molecular weight is 244 g/mol. The molecule has 0 saturated heterocycles. The van der Waals surface area contributed by atoms with E-state index in [2.05, 4.69) is 34.3 Å². The van der Waals surface area contributed by atoms with Crippen LogP contribution >= 0.6 is 0 Å². The van der Waals surface area contributed by atoms with Crippen molar-refractivity contribution in [3.8, 4) is 0 Å². The van der Waals surface area contributed by atoms with Crippen LogP contribution in [0.3, 0.4) is 0 Å². The third-order valence-corrected chi connectivity index (χ3v) is 3.13. The lowest BCUT2D eigenvalue weighted by atomic mass is 10.0. The molecular weight excluding hydrogens is 224 g/mol. The van der Waals surface area contributed by atoms with Gasteiger partial charge in [-0.15, -0.1) is 0 Å². The molecule has 0 aliphatic rings. The Morgan fingerprint density at radius 1 is 1.28 bits per heavy atom. The maximum absolute atomic E-state index is 6.12. The fraction of sp³-hybridized carbons (Fsp3) is 0.429. The highest BCUT2D eigenvalue weighted by molar-refractivity contribution is 5.14. The molecule has 0 saturated carbocycles. The van der Waals surface area contributed by atoms with E-state index in [0.29, 0.717) is 0 Å². The number of nitrogens with zero attached hydrogens (tertiary/aromatic N) is 3. The van der Waals surface area contributed by atoms with Crippen LogP contribution in [-0.4, -0.2) is 20.8 Å². The molecule has 1 aromatic carbocycles. The van der Waals surface area contributed by atoms with E-state index >= 15 is 0 Å². The topological polar surface area (TPSA) is 56.7 Å². The van der Waals surface area contributed by atoms with E-state index in [4.69, 9.17) is 5.73 Å². The summed E-state index contributed by atoms with van der Waals surface area (Å²) in [6.45, 7) is 0. The molecule has 96 valence electrons. The van der Waals surface area contributed by atoms with E-state index in [-0.39, 0.29) is 6.04 Å². The van der Waals surface area contributed by atoms with Crippen LogP contribution in [0.5, 0.6) is 0 Å². The lowest BCUT2D eigenvalue weighted by Gasteiger charge is -2.10. The number of hydrogen-bond donors (Lipinski definition) is 1. The van der Waals surface area contributed by atoms with E-state index in [9.17, 15) is 0 Å². The van der Waals surface area contributed by atoms with Gasteiger partial charge in [-0.2, -0.15) is 5.10 Å². The molecule has 2 N–H and O–H groups in total. The first kappa shape index (κ1) is 12.8. The molecule has 1 unspecified atom stereocenters. The quantitative estimate of drug-likeness (QED) is 0.841. The summed E-state index contributed by atoms with van der Waals surface area (Å²) >= 11 is 0. The summed E-state index contributed by atoms with van der Waals surface area (Å²) in [5.41, 5.74) is 7.49. The second-order valence-electron chi connectivity index (χ2n) is 4.64. The third-order valence-electron chi connectivity index (χ3n) is 3.13. The Morgan fingerprint density at radius 2 is 2.06 bits per heavy atom. The molecule has 2 rings (SSSR count). The van der Waals surface area contributed by atoms with Gasteiger partial charge in [0.15, 0.2) is 0 Å². The summed E-state index contributed by atoms with van der Waals surface area (Å²) in [4.78, 5) is 4.19. The van der Waals surface area contributed by atoms with Gasteiger partial charge in [0.2, 0.25) is 0 Å². The predicted octanol–water partition coefficient (Wildman–Crippen LogP) is 1.71. The van der Waals surface area contributed by atoms with E-state index < -0.39 is 0 Å². The highest BCUT2D eigenvalue weighted by atomic mass is 15.3. The van der Waals surface area contributed by atoms with Gasteiger partial charge in [0.1, 0.15) is 12.2 Å². The maximum atomic E-state index is 6.12. The molecule has 0 radical (unpaired) electrons. The van der Waals surface area contributed by atoms with Gasteiger partial charge in [-0.3, -0.25) is 4.68 Å². The summed E-state index contributed by atoms with van der Waals surface area (Å²) in [6, 6.07) is 10.7. The molecule has 0 aliphatic heterocycles. The molecule has 4 nitrogen and oxygen atoms in total. The van der Waals surface area contributed by atoms with Crippen LogP contribution < -0.4 is 5.73 Å². The second kappa shape index (κ2) is 6.31. The van der Waals surface area contributed by atoms with Crippen molar-refractivity contribution in [2.24, 2.45) is 12.8 Å². The van der Waals surface area contributed by atoms with Crippen molar-refractivity contribution in [3.63, 3.8) is 0 Å². The second-order valence-corrected chi connectivity index (χ2v) is 4.64. The Labute approximate surface area is 108 Å². The van der Waals surface area contributed by atoms with Gasteiger partial charge < -0.3 is 5.73 Å². The Kier molecular flexibility index (Phi) is 4.47. The van der Waals surface area contributed by atoms with Gasteiger partial charge in [-0.25, -0.2) is 4.98 Å². The van der Waals surface area contributed by atoms with Crippen molar-refractivity contribution >= 4 is 0 Å².